The van der Waals surface area contributed by atoms with Crippen molar-refractivity contribution in [2.24, 2.45) is 4.99 Å². The highest BCUT2D eigenvalue weighted by Crippen LogP contribution is 2.05. The minimum Gasteiger partial charge on any atom is -0.356 e. The van der Waals surface area contributed by atoms with E-state index in [4.69, 9.17) is 16.1 Å². The van der Waals surface area contributed by atoms with E-state index < -0.39 is 0 Å². The van der Waals surface area contributed by atoms with Gasteiger partial charge in [0.2, 0.25) is 5.89 Å². The lowest BCUT2D eigenvalue weighted by atomic mass is 10.2. The third kappa shape index (κ3) is 5.03. The molecule has 21 heavy (non-hydrogen) atoms. The summed E-state index contributed by atoms with van der Waals surface area (Å²) in [7, 11) is 1.71. The van der Waals surface area contributed by atoms with Crippen LogP contribution in [0.15, 0.2) is 27.8 Å². The van der Waals surface area contributed by atoms with Gasteiger partial charge in [0.15, 0.2) is 11.8 Å². The third-order valence-electron chi connectivity index (χ3n) is 2.70. The second-order valence-corrected chi connectivity index (χ2v) is 4.71. The first-order valence-corrected chi connectivity index (χ1v) is 6.89. The zero-order valence-corrected chi connectivity index (χ0v) is 12.7. The molecule has 0 unspecified atom stereocenters. The molecule has 0 aliphatic heterocycles. The number of hydrogen-bond acceptors (Lipinski definition) is 5. The van der Waals surface area contributed by atoms with Crippen LogP contribution < -0.4 is 10.6 Å². The Morgan fingerprint density at radius 1 is 1.38 bits per heavy atom. The summed E-state index contributed by atoms with van der Waals surface area (Å²) in [5.74, 6) is 1.81. The molecule has 0 aromatic carbocycles. The number of rotatable bonds is 5. The topological polar surface area (TPSA) is 88.2 Å². The zero-order valence-electron chi connectivity index (χ0n) is 11.9. The second-order valence-electron chi connectivity index (χ2n) is 4.33. The minimum atomic E-state index is 0.434. The fourth-order valence-electron chi connectivity index (χ4n) is 1.67. The molecule has 0 amide bonds. The number of nitrogens with zero attached hydrogens (tertiary/aromatic N) is 4. The van der Waals surface area contributed by atoms with Crippen LogP contribution in [-0.4, -0.2) is 34.7 Å². The fourth-order valence-corrected chi connectivity index (χ4v) is 1.78. The van der Waals surface area contributed by atoms with E-state index in [0.29, 0.717) is 29.4 Å². The zero-order chi connectivity index (χ0) is 15.1. The van der Waals surface area contributed by atoms with Gasteiger partial charge in [-0.3, -0.25) is 4.99 Å². The Balaban J connectivity index is 1.74. The van der Waals surface area contributed by atoms with Crippen LogP contribution in [0.5, 0.6) is 0 Å². The number of hydrogen-bond donors (Lipinski definition) is 2. The Morgan fingerprint density at radius 2 is 2.24 bits per heavy atom. The Kier molecular flexibility index (Phi) is 5.51. The molecule has 0 aliphatic carbocycles. The fraction of sp³-hybridized carbons (Fsp3) is 0.385. The summed E-state index contributed by atoms with van der Waals surface area (Å²) in [5.41, 5.74) is 1.11. The lowest BCUT2D eigenvalue weighted by Gasteiger charge is -2.10. The highest BCUT2D eigenvalue weighted by Gasteiger charge is 2.04. The molecule has 0 saturated carbocycles. The number of guanidine groups is 1. The predicted octanol–water partition coefficient (Wildman–Crippen LogP) is 1.33. The molecule has 0 fully saturated rings. The molecule has 2 aromatic heterocycles. The Bertz CT molecular complexity index is 595. The largest absolute Gasteiger partial charge is 0.356 e. The molecule has 8 heteroatoms. The standard InChI is InChI=1S/C13H17ClN6O/c1-9-19-12(21-20-9)8-18-13(15-2)16-6-5-10-3-4-11(14)17-7-10/h3-4,7H,5-6,8H2,1-2H3,(H2,15,16,18). The van der Waals surface area contributed by atoms with Crippen LogP contribution in [0.4, 0.5) is 0 Å². The summed E-state index contributed by atoms with van der Waals surface area (Å²) < 4.78 is 5.02. The molecular formula is C13H17ClN6O. The van der Waals surface area contributed by atoms with Gasteiger partial charge in [0, 0.05) is 19.8 Å². The SMILES string of the molecule is CN=C(NCCc1ccc(Cl)nc1)NCc1nc(C)no1. The Hall–Kier alpha value is -2.15. The summed E-state index contributed by atoms with van der Waals surface area (Å²) in [6.07, 6.45) is 2.59. The first kappa shape index (κ1) is 15.2. The molecular weight excluding hydrogens is 292 g/mol. The van der Waals surface area contributed by atoms with Crippen molar-refractivity contribution >= 4 is 17.6 Å². The Labute approximate surface area is 127 Å². The van der Waals surface area contributed by atoms with E-state index in [0.717, 1.165) is 18.5 Å². The van der Waals surface area contributed by atoms with Gasteiger partial charge in [0.25, 0.3) is 0 Å². The van der Waals surface area contributed by atoms with Gasteiger partial charge in [-0.2, -0.15) is 4.98 Å². The van der Waals surface area contributed by atoms with Crippen LogP contribution in [0.25, 0.3) is 0 Å². The molecule has 0 saturated heterocycles. The van der Waals surface area contributed by atoms with Gasteiger partial charge in [0.05, 0.1) is 6.54 Å². The third-order valence-corrected chi connectivity index (χ3v) is 2.92. The van der Waals surface area contributed by atoms with Gasteiger partial charge in [-0.25, -0.2) is 4.98 Å². The van der Waals surface area contributed by atoms with Crippen molar-refractivity contribution in [3.8, 4) is 0 Å². The number of aliphatic imine (C=N–C) groups is 1. The molecule has 2 N–H and O–H groups in total. The number of aryl methyl sites for hydroxylation is 1. The highest BCUT2D eigenvalue weighted by molar-refractivity contribution is 6.29. The van der Waals surface area contributed by atoms with E-state index in [9.17, 15) is 0 Å². The summed E-state index contributed by atoms with van der Waals surface area (Å²) in [5, 5.41) is 10.5. The summed E-state index contributed by atoms with van der Waals surface area (Å²) in [6, 6.07) is 3.73. The van der Waals surface area contributed by atoms with Crippen LogP contribution in [0.2, 0.25) is 5.15 Å². The highest BCUT2D eigenvalue weighted by atomic mass is 35.5. The van der Waals surface area contributed by atoms with Crippen molar-refractivity contribution in [1.29, 1.82) is 0 Å². The molecule has 0 atom stereocenters. The van der Waals surface area contributed by atoms with Crippen LogP contribution in [0, 0.1) is 6.92 Å². The van der Waals surface area contributed by atoms with Gasteiger partial charge in [-0.15, -0.1) is 0 Å². The molecule has 0 spiro atoms. The molecule has 0 aliphatic rings. The van der Waals surface area contributed by atoms with Crippen molar-refractivity contribution in [3.63, 3.8) is 0 Å². The van der Waals surface area contributed by atoms with Crippen molar-refractivity contribution in [2.75, 3.05) is 13.6 Å². The lowest BCUT2D eigenvalue weighted by Crippen LogP contribution is -2.37. The molecule has 2 heterocycles. The van der Waals surface area contributed by atoms with Crippen LogP contribution >= 0.6 is 11.6 Å². The van der Waals surface area contributed by atoms with Crippen LogP contribution in [0.1, 0.15) is 17.3 Å². The normalized spacial score (nSPS) is 11.5. The maximum Gasteiger partial charge on any atom is 0.246 e. The molecule has 2 aromatic rings. The van der Waals surface area contributed by atoms with Crippen LogP contribution in [0.3, 0.4) is 0 Å². The molecule has 2 rings (SSSR count). The monoisotopic (exact) mass is 308 g/mol. The molecule has 112 valence electrons. The molecule has 0 radical (unpaired) electrons. The second kappa shape index (κ2) is 7.58. The number of nitrogens with one attached hydrogen (secondary N) is 2. The number of pyridine rings is 1. The van der Waals surface area contributed by atoms with E-state index >= 15 is 0 Å². The average molecular weight is 309 g/mol. The van der Waals surface area contributed by atoms with E-state index in [1.807, 2.05) is 6.07 Å². The van der Waals surface area contributed by atoms with Gasteiger partial charge in [-0.05, 0) is 25.0 Å². The maximum absolute atomic E-state index is 5.74. The lowest BCUT2D eigenvalue weighted by molar-refractivity contribution is 0.371. The first-order chi connectivity index (χ1) is 10.2. The maximum atomic E-state index is 5.74. The van der Waals surface area contributed by atoms with Crippen molar-refractivity contribution in [1.82, 2.24) is 25.8 Å². The van der Waals surface area contributed by atoms with Crippen molar-refractivity contribution in [3.05, 3.63) is 40.8 Å². The van der Waals surface area contributed by atoms with Crippen molar-refractivity contribution in [2.45, 2.75) is 19.9 Å². The number of aromatic nitrogens is 3. The summed E-state index contributed by atoms with van der Waals surface area (Å²) in [6.45, 7) is 2.94. The average Bonchev–Trinajstić information content (AvgIpc) is 2.90. The van der Waals surface area contributed by atoms with Gasteiger partial charge in [0.1, 0.15) is 5.15 Å². The van der Waals surface area contributed by atoms with E-state index in [-0.39, 0.29) is 0 Å². The number of halogens is 1. The quantitative estimate of drug-likeness (QED) is 0.492. The summed E-state index contributed by atoms with van der Waals surface area (Å²) in [4.78, 5) is 12.3. The summed E-state index contributed by atoms with van der Waals surface area (Å²) >= 11 is 5.74. The van der Waals surface area contributed by atoms with E-state index in [2.05, 4.69) is 30.8 Å². The van der Waals surface area contributed by atoms with Crippen molar-refractivity contribution < 1.29 is 4.52 Å². The van der Waals surface area contributed by atoms with Gasteiger partial charge in [-0.1, -0.05) is 22.8 Å². The molecule has 0 bridgehead atoms. The predicted molar refractivity (Wildman–Crippen MR) is 80.2 cm³/mol. The first-order valence-electron chi connectivity index (χ1n) is 6.51. The minimum absolute atomic E-state index is 0.434. The molecule has 7 nitrogen and oxygen atoms in total. The van der Waals surface area contributed by atoms with E-state index in [1.165, 1.54) is 0 Å². The van der Waals surface area contributed by atoms with Gasteiger partial charge >= 0.3 is 0 Å². The van der Waals surface area contributed by atoms with Gasteiger partial charge < -0.3 is 15.2 Å². The Morgan fingerprint density at radius 3 is 2.86 bits per heavy atom. The smallest absolute Gasteiger partial charge is 0.246 e. The van der Waals surface area contributed by atoms with Crippen LogP contribution in [-0.2, 0) is 13.0 Å². The van der Waals surface area contributed by atoms with E-state index in [1.54, 1.807) is 26.2 Å².